The van der Waals surface area contributed by atoms with E-state index in [0.717, 1.165) is 38.2 Å². The number of hydrogen-bond donors (Lipinski definition) is 1. The van der Waals surface area contributed by atoms with Crippen molar-refractivity contribution in [3.05, 3.63) is 32.8 Å². The van der Waals surface area contributed by atoms with Gasteiger partial charge in [0, 0.05) is 19.3 Å². The van der Waals surface area contributed by atoms with Crippen LogP contribution in [0, 0.1) is 0 Å². The van der Waals surface area contributed by atoms with Crippen LogP contribution in [0.2, 0.25) is 15.1 Å². The molecule has 0 radical (unpaired) electrons. The molecule has 1 rings (SSSR count). The molecule has 0 aromatic heterocycles. The van der Waals surface area contributed by atoms with Gasteiger partial charge in [0.1, 0.15) is 0 Å². The molecule has 5 heteroatoms. The Morgan fingerprint density at radius 2 is 1.89 bits per heavy atom. The first-order valence-electron chi connectivity index (χ1n) is 6.52. The van der Waals surface area contributed by atoms with Crippen LogP contribution in [0.25, 0.3) is 0 Å². The third kappa shape index (κ3) is 5.49. The van der Waals surface area contributed by atoms with E-state index in [1.807, 2.05) is 6.07 Å². The summed E-state index contributed by atoms with van der Waals surface area (Å²) < 4.78 is 5.42. The van der Waals surface area contributed by atoms with Crippen molar-refractivity contribution in [2.45, 2.75) is 32.7 Å². The second kappa shape index (κ2) is 9.04. The van der Waals surface area contributed by atoms with Crippen molar-refractivity contribution in [1.82, 2.24) is 5.32 Å². The largest absolute Gasteiger partial charge is 0.381 e. The number of nitrogens with one attached hydrogen (secondary N) is 1. The van der Waals surface area contributed by atoms with E-state index in [1.54, 1.807) is 6.07 Å². The summed E-state index contributed by atoms with van der Waals surface area (Å²) in [5, 5.41) is 4.82. The zero-order valence-corrected chi connectivity index (χ0v) is 13.6. The lowest BCUT2D eigenvalue weighted by atomic mass is 10.1. The number of halogens is 3. The second-order valence-electron chi connectivity index (χ2n) is 4.41. The molecule has 0 saturated heterocycles. The lowest BCUT2D eigenvalue weighted by molar-refractivity contribution is 0.132. The highest BCUT2D eigenvalue weighted by Crippen LogP contribution is 2.35. The topological polar surface area (TPSA) is 21.3 Å². The predicted molar refractivity (Wildman–Crippen MR) is 83.6 cm³/mol. The first-order valence-corrected chi connectivity index (χ1v) is 7.65. The molecule has 0 bridgehead atoms. The van der Waals surface area contributed by atoms with Crippen molar-refractivity contribution in [3.8, 4) is 0 Å². The third-order valence-corrected chi connectivity index (χ3v) is 4.10. The van der Waals surface area contributed by atoms with Crippen LogP contribution in [0.15, 0.2) is 12.1 Å². The SMILES string of the molecule is CCCOCCCNC(C)c1ccc(Cl)c(Cl)c1Cl. The van der Waals surface area contributed by atoms with Crippen molar-refractivity contribution in [2.75, 3.05) is 19.8 Å². The van der Waals surface area contributed by atoms with Gasteiger partial charge in [-0.2, -0.15) is 0 Å². The summed E-state index contributed by atoms with van der Waals surface area (Å²) >= 11 is 18.1. The average molecular weight is 325 g/mol. The molecule has 1 unspecified atom stereocenters. The fourth-order valence-corrected chi connectivity index (χ4v) is 2.43. The quantitative estimate of drug-likeness (QED) is 0.529. The maximum atomic E-state index is 6.19. The van der Waals surface area contributed by atoms with Gasteiger partial charge in [0.2, 0.25) is 0 Å². The summed E-state index contributed by atoms with van der Waals surface area (Å²) in [4.78, 5) is 0. The molecule has 1 N–H and O–H groups in total. The minimum Gasteiger partial charge on any atom is -0.381 e. The van der Waals surface area contributed by atoms with E-state index in [1.165, 1.54) is 0 Å². The van der Waals surface area contributed by atoms with Crippen LogP contribution < -0.4 is 5.32 Å². The fourth-order valence-electron chi connectivity index (χ4n) is 1.72. The molecule has 2 nitrogen and oxygen atoms in total. The van der Waals surface area contributed by atoms with E-state index >= 15 is 0 Å². The van der Waals surface area contributed by atoms with Gasteiger partial charge in [-0.15, -0.1) is 0 Å². The molecule has 0 aliphatic rings. The van der Waals surface area contributed by atoms with Gasteiger partial charge in [-0.05, 0) is 37.9 Å². The van der Waals surface area contributed by atoms with Crippen LogP contribution in [0.3, 0.4) is 0 Å². The molecule has 1 aromatic carbocycles. The van der Waals surface area contributed by atoms with Gasteiger partial charge in [-0.25, -0.2) is 0 Å². The fraction of sp³-hybridized carbons (Fsp3) is 0.571. The molecule has 0 spiro atoms. The van der Waals surface area contributed by atoms with E-state index in [2.05, 4.69) is 19.2 Å². The maximum absolute atomic E-state index is 6.19. The van der Waals surface area contributed by atoms with Gasteiger partial charge in [0.25, 0.3) is 0 Å². The smallest absolute Gasteiger partial charge is 0.0781 e. The summed E-state index contributed by atoms with van der Waals surface area (Å²) in [5.41, 5.74) is 0.963. The van der Waals surface area contributed by atoms with Crippen LogP contribution in [-0.2, 0) is 4.74 Å². The lowest BCUT2D eigenvalue weighted by Gasteiger charge is -2.16. The van der Waals surface area contributed by atoms with Gasteiger partial charge in [-0.3, -0.25) is 0 Å². The van der Waals surface area contributed by atoms with E-state index < -0.39 is 0 Å². The Hall–Kier alpha value is 0.01000. The summed E-state index contributed by atoms with van der Waals surface area (Å²) in [6.45, 7) is 6.64. The summed E-state index contributed by atoms with van der Waals surface area (Å²) in [7, 11) is 0. The van der Waals surface area contributed by atoms with E-state index in [4.69, 9.17) is 39.5 Å². The van der Waals surface area contributed by atoms with Gasteiger partial charge in [0.15, 0.2) is 0 Å². The highest BCUT2D eigenvalue weighted by Gasteiger charge is 2.13. The van der Waals surface area contributed by atoms with Gasteiger partial charge < -0.3 is 10.1 Å². The second-order valence-corrected chi connectivity index (χ2v) is 5.57. The molecule has 0 fully saturated rings. The number of benzene rings is 1. The van der Waals surface area contributed by atoms with Crippen LogP contribution in [0.4, 0.5) is 0 Å². The Labute approximate surface area is 130 Å². The molecule has 108 valence electrons. The number of rotatable bonds is 8. The highest BCUT2D eigenvalue weighted by molar-refractivity contribution is 6.48. The Balaban J connectivity index is 2.41. The van der Waals surface area contributed by atoms with Crippen LogP contribution in [0.5, 0.6) is 0 Å². The standard InChI is InChI=1S/C14H20Cl3NO/c1-3-8-19-9-4-7-18-10(2)11-5-6-12(15)14(17)13(11)16/h5-6,10,18H,3-4,7-9H2,1-2H3. The normalized spacial score (nSPS) is 12.7. The molecule has 0 heterocycles. The predicted octanol–water partition coefficient (Wildman–Crippen LogP) is 5.11. The summed E-state index contributed by atoms with van der Waals surface area (Å²) in [6.07, 6.45) is 2.03. The van der Waals surface area contributed by atoms with Crippen molar-refractivity contribution < 1.29 is 4.74 Å². The monoisotopic (exact) mass is 323 g/mol. The first kappa shape index (κ1) is 17.1. The zero-order valence-electron chi connectivity index (χ0n) is 11.3. The molecule has 1 aromatic rings. The number of ether oxygens (including phenoxy) is 1. The molecule has 0 aliphatic heterocycles. The summed E-state index contributed by atoms with van der Waals surface area (Å²) in [6, 6.07) is 3.81. The van der Waals surface area contributed by atoms with Gasteiger partial charge in [-0.1, -0.05) is 47.8 Å². The van der Waals surface area contributed by atoms with Crippen LogP contribution in [0.1, 0.15) is 38.3 Å². The Bertz CT molecular complexity index is 399. The Morgan fingerprint density at radius 3 is 2.58 bits per heavy atom. The molecular formula is C14H20Cl3NO. The Kier molecular flexibility index (Phi) is 8.12. The van der Waals surface area contributed by atoms with Crippen molar-refractivity contribution in [1.29, 1.82) is 0 Å². The average Bonchev–Trinajstić information content (AvgIpc) is 2.40. The minimum absolute atomic E-state index is 0.133. The molecular weight excluding hydrogens is 305 g/mol. The first-order chi connectivity index (χ1) is 9.07. The third-order valence-electron chi connectivity index (χ3n) is 2.80. The van der Waals surface area contributed by atoms with Gasteiger partial charge >= 0.3 is 0 Å². The molecule has 0 saturated carbocycles. The van der Waals surface area contributed by atoms with Crippen molar-refractivity contribution in [3.63, 3.8) is 0 Å². The number of hydrogen-bond acceptors (Lipinski definition) is 2. The maximum Gasteiger partial charge on any atom is 0.0781 e. The Morgan fingerprint density at radius 1 is 1.16 bits per heavy atom. The van der Waals surface area contributed by atoms with E-state index in [0.29, 0.717) is 15.1 Å². The molecule has 0 aliphatic carbocycles. The van der Waals surface area contributed by atoms with Gasteiger partial charge in [0.05, 0.1) is 15.1 Å². The van der Waals surface area contributed by atoms with E-state index in [-0.39, 0.29) is 6.04 Å². The van der Waals surface area contributed by atoms with Crippen molar-refractivity contribution in [2.24, 2.45) is 0 Å². The summed E-state index contributed by atoms with van der Waals surface area (Å²) in [5.74, 6) is 0. The molecule has 0 amide bonds. The zero-order chi connectivity index (χ0) is 14.3. The van der Waals surface area contributed by atoms with Crippen LogP contribution in [-0.4, -0.2) is 19.8 Å². The molecule has 19 heavy (non-hydrogen) atoms. The van der Waals surface area contributed by atoms with Crippen molar-refractivity contribution >= 4 is 34.8 Å². The van der Waals surface area contributed by atoms with E-state index in [9.17, 15) is 0 Å². The highest BCUT2D eigenvalue weighted by atomic mass is 35.5. The minimum atomic E-state index is 0.133. The van der Waals surface area contributed by atoms with Crippen LogP contribution >= 0.6 is 34.8 Å². The molecule has 1 atom stereocenters. The lowest BCUT2D eigenvalue weighted by Crippen LogP contribution is -2.21.